The first-order valence-corrected chi connectivity index (χ1v) is 11.7. The van der Waals surface area contributed by atoms with Crippen molar-refractivity contribution < 1.29 is 18.0 Å². The summed E-state index contributed by atoms with van der Waals surface area (Å²) < 4.78 is 27.5. The second-order valence-electron chi connectivity index (χ2n) is 7.27. The maximum Gasteiger partial charge on any atom is 0.245 e. The van der Waals surface area contributed by atoms with Crippen LogP contribution in [-0.2, 0) is 14.8 Å². The molecule has 3 aromatic rings. The number of amides is 1. The number of hydrogen-bond acceptors (Lipinski definition) is 5. The molecule has 0 bridgehead atoms. The molecule has 0 spiro atoms. The summed E-state index contributed by atoms with van der Waals surface area (Å²) in [6, 6.07) is 9.96. The molecule has 4 rings (SSSR count). The van der Waals surface area contributed by atoms with Gasteiger partial charge < -0.3 is 9.88 Å². The lowest BCUT2D eigenvalue weighted by molar-refractivity contribution is -0.132. The molecule has 0 radical (unpaired) electrons. The molecule has 0 saturated carbocycles. The molecule has 1 saturated heterocycles. The molecule has 1 fully saturated rings. The molecule has 0 unspecified atom stereocenters. The van der Waals surface area contributed by atoms with Crippen LogP contribution in [0.5, 0.6) is 0 Å². The zero-order chi connectivity index (χ0) is 22.0. The van der Waals surface area contributed by atoms with Crippen molar-refractivity contribution in [3.63, 3.8) is 0 Å². The third-order valence-corrected chi connectivity index (χ3v) is 7.54. The Morgan fingerprint density at radius 3 is 2.45 bits per heavy atom. The summed E-state index contributed by atoms with van der Waals surface area (Å²) in [5.74, 6) is -0.283. The molecule has 0 aliphatic carbocycles. The Hall–Kier alpha value is -2.75. The first kappa shape index (κ1) is 21.5. The van der Waals surface area contributed by atoms with Crippen LogP contribution in [0.15, 0.2) is 53.7 Å². The largest absolute Gasteiger partial charge is 0.345 e. The molecule has 10 heteroatoms. The number of nitrogens with zero attached hydrogens (tertiary/aromatic N) is 3. The lowest BCUT2D eigenvalue weighted by atomic mass is 10.1. The Labute approximate surface area is 184 Å². The molecule has 1 N–H and O–H groups in total. The molecular weight excluding hydrogens is 440 g/mol. The lowest BCUT2D eigenvalue weighted by Crippen LogP contribution is -2.50. The van der Waals surface area contributed by atoms with E-state index in [4.69, 9.17) is 11.6 Å². The van der Waals surface area contributed by atoms with Crippen LogP contribution in [0.25, 0.3) is 11.0 Å². The van der Waals surface area contributed by atoms with Gasteiger partial charge in [-0.2, -0.15) is 4.31 Å². The van der Waals surface area contributed by atoms with Gasteiger partial charge >= 0.3 is 0 Å². The molecule has 1 amide bonds. The second-order valence-corrected chi connectivity index (χ2v) is 9.61. The van der Waals surface area contributed by atoms with Crippen molar-refractivity contribution in [2.75, 3.05) is 26.2 Å². The number of pyridine rings is 1. The number of hydrogen-bond donors (Lipinski definition) is 1. The number of carbonyl (C=O) groups excluding carboxylic acids is 2. The number of halogens is 1. The van der Waals surface area contributed by atoms with Crippen molar-refractivity contribution in [1.82, 2.24) is 19.2 Å². The predicted octanol–water partition coefficient (Wildman–Crippen LogP) is 2.71. The number of ketones is 1. The zero-order valence-corrected chi connectivity index (χ0v) is 18.2. The number of fused-ring (bicyclic) bond motifs is 1. The maximum atomic E-state index is 13.1. The summed E-state index contributed by atoms with van der Waals surface area (Å²) in [5, 5.41) is 1.09. The molecule has 1 aliphatic rings. The van der Waals surface area contributed by atoms with Crippen LogP contribution in [0.2, 0.25) is 5.02 Å². The van der Waals surface area contributed by atoms with Crippen LogP contribution in [0.4, 0.5) is 0 Å². The highest BCUT2D eigenvalue weighted by Crippen LogP contribution is 2.25. The van der Waals surface area contributed by atoms with Gasteiger partial charge in [0, 0.05) is 67.4 Å². The molecule has 3 heterocycles. The van der Waals surface area contributed by atoms with E-state index in [9.17, 15) is 18.0 Å². The minimum atomic E-state index is -3.70. The molecular formula is C21H21ClN4O4S. The van der Waals surface area contributed by atoms with Crippen molar-refractivity contribution in [1.29, 1.82) is 0 Å². The Morgan fingerprint density at radius 2 is 1.74 bits per heavy atom. The Morgan fingerprint density at radius 1 is 1.03 bits per heavy atom. The highest BCUT2D eigenvalue weighted by atomic mass is 35.5. The molecule has 31 heavy (non-hydrogen) atoms. The van der Waals surface area contributed by atoms with Gasteiger partial charge in [0.25, 0.3) is 0 Å². The zero-order valence-electron chi connectivity index (χ0n) is 16.6. The average molecular weight is 461 g/mol. The number of H-pyrrole nitrogens is 1. The van der Waals surface area contributed by atoms with Gasteiger partial charge in [-0.3, -0.25) is 9.59 Å². The van der Waals surface area contributed by atoms with Gasteiger partial charge in [0.05, 0.1) is 0 Å². The Kier molecular flexibility index (Phi) is 6.08. The summed E-state index contributed by atoms with van der Waals surface area (Å²) in [4.78, 5) is 33.6. The highest BCUT2D eigenvalue weighted by molar-refractivity contribution is 7.89. The number of nitrogens with one attached hydrogen (secondary N) is 1. The molecule has 1 aliphatic heterocycles. The van der Waals surface area contributed by atoms with Gasteiger partial charge in [-0.05, 0) is 36.4 Å². The Balaban J connectivity index is 1.34. The van der Waals surface area contributed by atoms with E-state index in [0.29, 0.717) is 21.6 Å². The fourth-order valence-electron chi connectivity index (χ4n) is 3.62. The Bertz CT molecular complexity index is 1220. The van der Waals surface area contributed by atoms with Crippen molar-refractivity contribution in [3.8, 4) is 0 Å². The van der Waals surface area contributed by atoms with Crippen molar-refractivity contribution in [3.05, 3.63) is 59.4 Å². The first-order valence-electron chi connectivity index (χ1n) is 9.85. The van der Waals surface area contributed by atoms with E-state index in [2.05, 4.69) is 9.97 Å². The van der Waals surface area contributed by atoms with Crippen molar-refractivity contribution in [2.45, 2.75) is 17.7 Å². The van der Waals surface area contributed by atoms with E-state index in [1.165, 1.54) is 10.5 Å². The van der Waals surface area contributed by atoms with Crippen LogP contribution >= 0.6 is 11.6 Å². The summed E-state index contributed by atoms with van der Waals surface area (Å²) in [5.41, 5.74) is 1.03. The fourth-order valence-corrected chi connectivity index (χ4v) is 5.32. The normalized spacial score (nSPS) is 15.3. The topological polar surface area (TPSA) is 103 Å². The van der Waals surface area contributed by atoms with Gasteiger partial charge in [0.1, 0.15) is 10.5 Å². The minimum absolute atomic E-state index is 0.0856. The lowest BCUT2D eigenvalue weighted by Gasteiger charge is -2.34. The number of carbonyl (C=O) groups is 2. The van der Waals surface area contributed by atoms with Gasteiger partial charge in [-0.1, -0.05) is 11.6 Å². The maximum absolute atomic E-state index is 13.1. The molecule has 1 aromatic carbocycles. The predicted molar refractivity (Wildman–Crippen MR) is 116 cm³/mol. The number of piperazine rings is 1. The summed E-state index contributed by atoms with van der Waals surface area (Å²) in [6.45, 7) is 0.972. The molecule has 8 nitrogen and oxygen atoms in total. The summed E-state index contributed by atoms with van der Waals surface area (Å²) in [6.07, 6.45) is 3.23. The van der Waals surface area contributed by atoms with E-state index in [1.54, 1.807) is 47.5 Å². The monoisotopic (exact) mass is 460 g/mol. The van der Waals surface area contributed by atoms with Crippen LogP contribution < -0.4 is 0 Å². The van der Waals surface area contributed by atoms with Gasteiger partial charge in [-0.25, -0.2) is 13.4 Å². The quantitative estimate of drug-likeness (QED) is 0.569. The number of aromatic nitrogens is 2. The first-order chi connectivity index (χ1) is 14.9. The minimum Gasteiger partial charge on any atom is -0.345 e. The summed E-state index contributed by atoms with van der Waals surface area (Å²) >= 11 is 5.83. The average Bonchev–Trinajstić information content (AvgIpc) is 3.23. The smallest absolute Gasteiger partial charge is 0.245 e. The van der Waals surface area contributed by atoms with Gasteiger partial charge in [0.2, 0.25) is 15.9 Å². The second kappa shape index (κ2) is 8.78. The number of aromatic amines is 1. The van der Waals surface area contributed by atoms with Crippen LogP contribution in [-0.4, -0.2) is 65.5 Å². The number of sulfonamides is 1. The fraction of sp³-hybridized carbons (Fsp3) is 0.286. The van der Waals surface area contributed by atoms with Crippen molar-refractivity contribution in [2.24, 2.45) is 0 Å². The van der Waals surface area contributed by atoms with E-state index >= 15 is 0 Å². The van der Waals surface area contributed by atoms with Crippen molar-refractivity contribution >= 4 is 44.3 Å². The van der Waals surface area contributed by atoms with E-state index in [0.717, 1.165) is 0 Å². The van der Waals surface area contributed by atoms with E-state index in [1.807, 2.05) is 0 Å². The van der Waals surface area contributed by atoms with Crippen LogP contribution in [0.1, 0.15) is 23.2 Å². The van der Waals surface area contributed by atoms with Gasteiger partial charge in [-0.15, -0.1) is 0 Å². The van der Waals surface area contributed by atoms with E-state index < -0.39 is 10.0 Å². The highest BCUT2D eigenvalue weighted by Gasteiger charge is 2.31. The third kappa shape index (κ3) is 4.48. The third-order valence-electron chi connectivity index (χ3n) is 5.35. The van der Waals surface area contributed by atoms with Gasteiger partial charge in [0.15, 0.2) is 5.78 Å². The molecule has 162 valence electrons. The molecule has 2 aromatic heterocycles. The standard InChI is InChI=1S/C21H21ClN4O4S/c22-16-5-3-15(4-6-16)18(27)7-8-20(28)25-10-12-26(13-11-25)31(29,30)19-14-24-21-17(19)2-1-9-23-21/h1-6,9,14H,7-8,10-13H2,(H,23,24). The van der Waals surface area contributed by atoms with Crippen LogP contribution in [0.3, 0.4) is 0 Å². The molecule has 0 atom stereocenters. The summed E-state index contributed by atoms with van der Waals surface area (Å²) in [7, 11) is -3.70. The number of benzene rings is 1. The van der Waals surface area contributed by atoms with E-state index in [-0.39, 0.29) is 55.6 Å². The SMILES string of the molecule is O=C(CCC(=O)N1CCN(S(=O)(=O)c2c[nH]c3ncccc23)CC1)c1ccc(Cl)cc1. The number of Topliss-reactive ketones (excluding diaryl/α,β-unsaturated/α-hetero) is 1. The number of rotatable bonds is 6. The van der Waals surface area contributed by atoms with Crippen LogP contribution in [0, 0.1) is 0 Å².